The molecule has 0 saturated heterocycles. The lowest BCUT2D eigenvalue weighted by Gasteiger charge is -2.04. The van der Waals surface area contributed by atoms with Crippen molar-refractivity contribution in [3.8, 4) is 0 Å². The molecule has 0 aliphatic heterocycles. The Balaban J connectivity index is 1.87. The molecule has 0 atom stereocenters. The molecule has 82 valence electrons. The fourth-order valence-electron chi connectivity index (χ4n) is 2.08. The molecule has 0 aromatic heterocycles. The Morgan fingerprint density at radius 3 is 3.00 bits per heavy atom. The second-order valence-electron chi connectivity index (χ2n) is 4.09. The van der Waals surface area contributed by atoms with E-state index in [9.17, 15) is 0 Å². The third-order valence-corrected chi connectivity index (χ3v) is 3.99. The lowest BCUT2D eigenvalue weighted by Crippen LogP contribution is -2.07. The standard InChI is InChI=1S/C13H19NS/c1-14-8-3-9-15-13-7-6-11-4-2-5-12(11)10-13/h6-7,10,14H,2-5,8-9H2,1H3. The molecule has 0 saturated carbocycles. The topological polar surface area (TPSA) is 12.0 Å². The van der Waals surface area contributed by atoms with E-state index in [0.29, 0.717) is 0 Å². The van der Waals surface area contributed by atoms with Gasteiger partial charge in [-0.2, -0.15) is 0 Å². The third kappa shape index (κ3) is 2.99. The highest BCUT2D eigenvalue weighted by molar-refractivity contribution is 7.99. The first-order valence-electron chi connectivity index (χ1n) is 5.79. The predicted octanol–water partition coefficient (Wildman–Crippen LogP) is 2.88. The molecule has 0 spiro atoms. The van der Waals surface area contributed by atoms with Gasteiger partial charge in [0.2, 0.25) is 0 Å². The Labute approximate surface area is 96.7 Å². The fourth-order valence-corrected chi connectivity index (χ4v) is 2.99. The summed E-state index contributed by atoms with van der Waals surface area (Å²) in [6.07, 6.45) is 5.18. The van der Waals surface area contributed by atoms with Crippen LogP contribution in [0.1, 0.15) is 24.0 Å². The van der Waals surface area contributed by atoms with E-state index >= 15 is 0 Å². The molecule has 1 aromatic carbocycles. The van der Waals surface area contributed by atoms with Crippen LogP contribution in [0.2, 0.25) is 0 Å². The fraction of sp³-hybridized carbons (Fsp3) is 0.538. The van der Waals surface area contributed by atoms with E-state index < -0.39 is 0 Å². The molecule has 1 aromatic rings. The summed E-state index contributed by atoms with van der Waals surface area (Å²) in [6, 6.07) is 7.00. The van der Waals surface area contributed by atoms with Crippen LogP contribution in [0.25, 0.3) is 0 Å². The SMILES string of the molecule is CNCCCSc1ccc2c(c1)CCC2. The van der Waals surface area contributed by atoms with E-state index in [4.69, 9.17) is 0 Å². The third-order valence-electron chi connectivity index (χ3n) is 2.91. The Kier molecular flexibility index (Phi) is 4.09. The molecular formula is C13H19NS. The van der Waals surface area contributed by atoms with E-state index in [1.54, 1.807) is 11.1 Å². The molecule has 1 N–H and O–H groups in total. The minimum atomic E-state index is 1.12. The van der Waals surface area contributed by atoms with Crippen LogP contribution in [-0.2, 0) is 12.8 Å². The average molecular weight is 221 g/mol. The number of nitrogens with one attached hydrogen (secondary N) is 1. The second-order valence-corrected chi connectivity index (χ2v) is 5.26. The number of aryl methyl sites for hydroxylation is 2. The maximum Gasteiger partial charge on any atom is 0.00748 e. The minimum absolute atomic E-state index is 1.12. The van der Waals surface area contributed by atoms with Crippen molar-refractivity contribution in [3.05, 3.63) is 29.3 Å². The molecule has 2 heteroatoms. The summed E-state index contributed by atoms with van der Waals surface area (Å²) in [5.41, 5.74) is 3.17. The van der Waals surface area contributed by atoms with Gasteiger partial charge in [-0.05, 0) is 68.3 Å². The highest BCUT2D eigenvalue weighted by Crippen LogP contribution is 2.27. The zero-order valence-corrected chi connectivity index (χ0v) is 10.2. The Morgan fingerprint density at radius 1 is 1.27 bits per heavy atom. The number of benzene rings is 1. The molecule has 2 rings (SSSR count). The summed E-state index contributed by atoms with van der Waals surface area (Å²) in [4.78, 5) is 1.45. The van der Waals surface area contributed by atoms with Crippen molar-refractivity contribution in [1.29, 1.82) is 0 Å². The van der Waals surface area contributed by atoms with Crippen LogP contribution >= 0.6 is 11.8 Å². The maximum absolute atomic E-state index is 3.18. The summed E-state index contributed by atoms with van der Waals surface area (Å²) < 4.78 is 0. The van der Waals surface area contributed by atoms with E-state index in [1.807, 2.05) is 18.8 Å². The van der Waals surface area contributed by atoms with E-state index in [1.165, 1.54) is 36.3 Å². The predicted molar refractivity (Wildman–Crippen MR) is 67.7 cm³/mol. The van der Waals surface area contributed by atoms with Gasteiger partial charge in [0.25, 0.3) is 0 Å². The molecule has 0 radical (unpaired) electrons. The summed E-state index contributed by atoms with van der Waals surface area (Å²) in [5.74, 6) is 1.22. The smallest absolute Gasteiger partial charge is 0.00748 e. The highest BCUT2D eigenvalue weighted by atomic mass is 32.2. The summed E-state index contributed by atoms with van der Waals surface area (Å²) >= 11 is 1.99. The van der Waals surface area contributed by atoms with Gasteiger partial charge in [0.15, 0.2) is 0 Å². The average Bonchev–Trinajstić information content (AvgIpc) is 2.71. The van der Waals surface area contributed by atoms with E-state index in [-0.39, 0.29) is 0 Å². The number of hydrogen-bond donors (Lipinski definition) is 1. The monoisotopic (exact) mass is 221 g/mol. The Hall–Kier alpha value is -0.470. The van der Waals surface area contributed by atoms with Crippen LogP contribution in [-0.4, -0.2) is 19.3 Å². The van der Waals surface area contributed by atoms with Gasteiger partial charge in [0.1, 0.15) is 0 Å². The van der Waals surface area contributed by atoms with Crippen molar-refractivity contribution >= 4 is 11.8 Å². The highest BCUT2D eigenvalue weighted by Gasteiger charge is 2.10. The van der Waals surface area contributed by atoms with Gasteiger partial charge in [-0.15, -0.1) is 11.8 Å². The number of thioether (sulfide) groups is 1. The molecule has 1 aliphatic carbocycles. The number of rotatable bonds is 5. The van der Waals surface area contributed by atoms with Gasteiger partial charge in [0.05, 0.1) is 0 Å². The largest absolute Gasteiger partial charge is 0.320 e. The zero-order valence-electron chi connectivity index (χ0n) is 9.38. The Morgan fingerprint density at radius 2 is 2.13 bits per heavy atom. The van der Waals surface area contributed by atoms with Crippen LogP contribution in [0.5, 0.6) is 0 Å². The molecule has 0 unspecified atom stereocenters. The van der Waals surface area contributed by atoms with Gasteiger partial charge >= 0.3 is 0 Å². The lowest BCUT2D eigenvalue weighted by atomic mass is 10.1. The van der Waals surface area contributed by atoms with Crippen molar-refractivity contribution < 1.29 is 0 Å². The van der Waals surface area contributed by atoms with Gasteiger partial charge in [0, 0.05) is 4.90 Å². The molecule has 15 heavy (non-hydrogen) atoms. The van der Waals surface area contributed by atoms with Crippen molar-refractivity contribution in [3.63, 3.8) is 0 Å². The molecular weight excluding hydrogens is 202 g/mol. The van der Waals surface area contributed by atoms with Crippen LogP contribution in [0.3, 0.4) is 0 Å². The molecule has 0 fully saturated rings. The number of hydrogen-bond acceptors (Lipinski definition) is 2. The van der Waals surface area contributed by atoms with Crippen LogP contribution in [0, 0.1) is 0 Å². The summed E-state index contributed by atoms with van der Waals surface area (Å²) in [6.45, 7) is 1.12. The lowest BCUT2D eigenvalue weighted by molar-refractivity contribution is 0.778. The summed E-state index contributed by atoms with van der Waals surface area (Å²) in [5, 5.41) is 3.18. The van der Waals surface area contributed by atoms with Crippen molar-refractivity contribution in [2.24, 2.45) is 0 Å². The molecule has 1 aliphatic rings. The molecule has 0 bridgehead atoms. The van der Waals surface area contributed by atoms with E-state index in [2.05, 4.69) is 23.5 Å². The first-order valence-corrected chi connectivity index (χ1v) is 6.78. The van der Waals surface area contributed by atoms with Gasteiger partial charge in [-0.1, -0.05) is 6.07 Å². The van der Waals surface area contributed by atoms with Crippen molar-refractivity contribution in [1.82, 2.24) is 5.32 Å². The van der Waals surface area contributed by atoms with Gasteiger partial charge in [-0.25, -0.2) is 0 Å². The van der Waals surface area contributed by atoms with Crippen LogP contribution in [0.15, 0.2) is 23.1 Å². The first-order chi connectivity index (χ1) is 7.40. The van der Waals surface area contributed by atoms with Gasteiger partial charge in [-0.3, -0.25) is 0 Å². The Bertz CT molecular complexity index is 322. The van der Waals surface area contributed by atoms with Crippen LogP contribution < -0.4 is 5.32 Å². The summed E-state index contributed by atoms with van der Waals surface area (Å²) in [7, 11) is 2.01. The maximum atomic E-state index is 3.18. The van der Waals surface area contributed by atoms with E-state index in [0.717, 1.165) is 6.54 Å². The molecule has 1 nitrogen and oxygen atoms in total. The number of fused-ring (bicyclic) bond motifs is 1. The van der Waals surface area contributed by atoms with Crippen LogP contribution in [0.4, 0.5) is 0 Å². The second kappa shape index (κ2) is 5.57. The molecule has 0 heterocycles. The van der Waals surface area contributed by atoms with Gasteiger partial charge < -0.3 is 5.32 Å². The molecule has 0 amide bonds. The first kappa shape index (κ1) is 11.0. The van der Waals surface area contributed by atoms with Crippen molar-refractivity contribution in [2.75, 3.05) is 19.3 Å². The quantitative estimate of drug-likeness (QED) is 0.606. The zero-order chi connectivity index (χ0) is 10.5. The minimum Gasteiger partial charge on any atom is -0.320 e. The van der Waals surface area contributed by atoms with Crippen molar-refractivity contribution in [2.45, 2.75) is 30.6 Å². The normalized spacial score (nSPS) is 14.2.